The molecular formula is C10H11ClN4. The number of hydrogen-bond acceptors (Lipinski definition) is 3. The minimum atomic E-state index is 0.662. The molecule has 0 bridgehead atoms. The first-order valence-electron chi connectivity index (χ1n) is 4.59. The number of nitrogens with one attached hydrogen (secondary N) is 1. The summed E-state index contributed by atoms with van der Waals surface area (Å²) >= 11 is 5.78. The van der Waals surface area contributed by atoms with Crippen LogP contribution >= 0.6 is 11.6 Å². The van der Waals surface area contributed by atoms with Crippen molar-refractivity contribution in [1.82, 2.24) is 15.0 Å². The number of rotatable bonds is 3. The molecule has 0 saturated carbocycles. The van der Waals surface area contributed by atoms with E-state index in [4.69, 9.17) is 11.6 Å². The van der Waals surface area contributed by atoms with Crippen LogP contribution in [0, 0.1) is 0 Å². The van der Waals surface area contributed by atoms with Crippen LogP contribution in [-0.2, 0) is 13.6 Å². The van der Waals surface area contributed by atoms with E-state index in [2.05, 4.69) is 15.6 Å². The third kappa shape index (κ3) is 2.70. The van der Waals surface area contributed by atoms with E-state index in [9.17, 15) is 0 Å². The van der Waals surface area contributed by atoms with Gasteiger partial charge in [0.1, 0.15) is 5.69 Å². The number of aromatic nitrogens is 3. The van der Waals surface area contributed by atoms with Crippen LogP contribution < -0.4 is 5.32 Å². The summed E-state index contributed by atoms with van der Waals surface area (Å²) in [6.07, 6.45) is 1.88. The molecule has 1 heterocycles. The van der Waals surface area contributed by atoms with Gasteiger partial charge >= 0.3 is 0 Å². The molecule has 0 fully saturated rings. The maximum atomic E-state index is 5.78. The van der Waals surface area contributed by atoms with Gasteiger partial charge in [-0.3, -0.25) is 4.68 Å². The molecule has 78 valence electrons. The highest BCUT2D eigenvalue weighted by atomic mass is 35.5. The lowest BCUT2D eigenvalue weighted by molar-refractivity contribution is 0.713. The smallest absolute Gasteiger partial charge is 0.102 e. The lowest BCUT2D eigenvalue weighted by Crippen LogP contribution is -1.99. The molecule has 0 radical (unpaired) electrons. The first kappa shape index (κ1) is 9.98. The minimum Gasteiger partial charge on any atom is -0.379 e. The topological polar surface area (TPSA) is 42.7 Å². The molecule has 1 aromatic carbocycles. The van der Waals surface area contributed by atoms with Gasteiger partial charge in [-0.05, 0) is 24.3 Å². The van der Waals surface area contributed by atoms with Gasteiger partial charge in [0.15, 0.2) is 0 Å². The van der Waals surface area contributed by atoms with Gasteiger partial charge in [-0.25, -0.2) is 0 Å². The Morgan fingerprint density at radius 2 is 2.07 bits per heavy atom. The summed E-state index contributed by atoms with van der Waals surface area (Å²) in [5.74, 6) is 0. The normalized spacial score (nSPS) is 10.3. The monoisotopic (exact) mass is 222 g/mol. The van der Waals surface area contributed by atoms with Gasteiger partial charge in [-0.2, -0.15) is 0 Å². The molecule has 0 spiro atoms. The predicted molar refractivity (Wildman–Crippen MR) is 59.8 cm³/mol. The standard InChI is InChI=1S/C10H11ClN4/c1-15-7-10(13-14-15)6-12-9-4-2-8(11)3-5-9/h2-5,7,12H,6H2,1H3. The Morgan fingerprint density at radius 1 is 1.33 bits per heavy atom. The second kappa shape index (κ2) is 4.31. The summed E-state index contributed by atoms with van der Waals surface area (Å²) in [4.78, 5) is 0. The van der Waals surface area contributed by atoms with Gasteiger partial charge in [0, 0.05) is 24.0 Å². The third-order valence-electron chi connectivity index (χ3n) is 1.97. The van der Waals surface area contributed by atoms with Crippen LogP contribution in [0.2, 0.25) is 5.02 Å². The summed E-state index contributed by atoms with van der Waals surface area (Å²) in [5, 5.41) is 11.8. The van der Waals surface area contributed by atoms with E-state index >= 15 is 0 Å². The summed E-state index contributed by atoms with van der Waals surface area (Å²) in [5.41, 5.74) is 1.93. The number of aryl methyl sites for hydroxylation is 1. The summed E-state index contributed by atoms with van der Waals surface area (Å²) in [6, 6.07) is 7.55. The summed E-state index contributed by atoms with van der Waals surface area (Å²) in [7, 11) is 1.85. The van der Waals surface area contributed by atoms with Crippen molar-refractivity contribution >= 4 is 17.3 Å². The molecule has 0 aliphatic carbocycles. The van der Waals surface area contributed by atoms with Gasteiger partial charge in [0.25, 0.3) is 0 Å². The van der Waals surface area contributed by atoms with Gasteiger partial charge in [-0.1, -0.05) is 16.8 Å². The van der Waals surface area contributed by atoms with Crippen molar-refractivity contribution in [3.63, 3.8) is 0 Å². The molecule has 0 amide bonds. The molecule has 0 atom stereocenters. The second-order valence-electron chi connectivity index (χ2n) is 3.24. The van der Waals surface area contributed by atoms with Crippen molar-refractivity contribution in [1.29, 1.82) is 0 Å². The fourth-order valence-corrected chi connectivity index (χ4v) is 1.36. The Morgan fingerprint density at radius 3 is 2.67 bits per heavy atom. The fourth-order valence-electron chi connectivity index (χ4n) is 1.24. The first-order valence-corrected chi connectivity index (χ1v) is 4.96. The Bertz CT molecular complexity index is 435. The molecule has 0 unspecified atom stereocenters. The first-order chi connectivity index (χ1) is 7.24. The van der Waals surface area contributed by atoms with Crippen LogP contribution in [-0.4, -0.2) is 15.0 Å². The molecule has 0 aliphatic heterocycles. The highest BCUT2D eigenvalue weighted by molar-refractivity contribution is 6.30. The Balaban J connectivity index is 1.96. The second-order valence-corrected chi connectivity index (χ2v) is 3.68. The molecule has 0 aliphatic rings. The van der Waals surface area contributed by atoms with E-state index in [0.717, 1.165) is 16.4 Å². The van der Waals surface area contributed by atoms with Crippen molar-refractivity contribution in [2.24, 2.45) is 7.05 Å². The van der Waals surface area contributed by atoms with E-state index in [1.54, 1.807) is 4.68 Å². The van der Waals surface area contributed by atoms with E-state index < -0.39 is 0 Å². The molecule has 2 rings (SSSR count). The summed E-state index contributed by atoms with van der Waals surface area (Å²) < 4.78 is 1.68. The number of halogens is 1. The molecule has 1 N–H and O–H groups in total. The quantitative estimate of drug-likeness (QED) is 0.865. The van der Waals surface area contributed by atoms with Crippen LogP contribution in [0.4, 0.5) is 5.69 Å². The van der Waals surface area contributed by atoms with Crippen LogP contribution in [0.25, 0.3) is 0 Å². The minimum absolute atomic E-state index is 0.662. The highest BCUT2D eigenvalue weighted by Gasteiger charge is 1.97. The maximum Gasteiger partial charge on any atom is 0.102 e. The lowest BCUT2D eigenvalue weighted by Gasteiger charge is -2.03. The number of benzene rings is 1. The van der Waals surface area contributed by atoms with Crippen molar-refractivity contribution in [3.8, 4) is 0 Å². The average molecular weight is 223 g/mol. The highest BCUT2D eigenvalue weighted by Crippen LogP contribution is 2.13. The molecule has 5 heteroatoms. The number of nitrogens with zero attached hydrogens (tertiary/aromatic N) is 3. The molecule has 0 saturated heterocycles. The van der Waals surface area contributed by atoms with E-state index in [0.29, 0.717) is 6.54 Å². The molecule has 15 heavy (non-hydrogen) atoms. The van der Waals surface area contributed by atoms with Crippen LogP contribution in [0.3, 0.4) is 0 Å². The fraction of sp³-hybridized carbons (Fsp3) is 0.200. The van der Waals surface area contributed by atoms with Gasteiger partial charge < -0.3 is 5.32 Å². The van der Waals surface area contributed by atoms with Gasteiger partial charge in [-0.15, -0.1) is 5.10 Å². The van der Waals surface area contributed by atoms with Crippen LogP contribution in [0.1, 0.15) is 5.69 Å². The lowest BCUT2D eigenvalue weighted by atomic mass is 10.3. The third-order valence-corrected chi connectivity index (χ3v) is 2.22. The Kier molecular flexibility index (Phi) is 2.87. The SMILES string of the molecule is Cn1cc(CNc2ccc(Cl)cc2)nn1. The van der Waals surface area contributed by atoms with E-state index in [1.807, 2.05) is 37.5 Å². The summed E-state index contributed by atoms with van der Waals surface area (Å²) in [6.45, 7) is 0.662. The largest absolute Gasteiger partial charge is 0.379 e. The number of anilines is 1. The number of hydrogen-bond donors (Lipinski definition) is 1. The Labute approximate surface area is 92.9 Å². The van der Waals surface area contributed by atoms with Crippen LogP contribution in [0.15, 0.2) is 30.5 Å². The average Bonchev–Trinajstić information content (AvgIpc) is 2.64. The van der Waals surface area contributed by atoms with Crippen LogP contribution in [0.5, 0.6) is 0 Å². The van der Waals surface area contributed by atoms with Crippen molar-refractivity contribution < 1.29 is 0 Å². The van der Waals surface area contributed by atoms with Crippen molar-refractivity contribution in [3.05, 3.63) is 41.2 Å². The maximum absolute atomic E-state index is 5.78. The molecule has 1 aromatic heterocycles. The zero-order chi connectivity index (χ0) is 10.7. The van der Waals surface area contributed by atoms with E-state index in [1.165, 1.54) is 0 Å². The molecule has 2 aromatic rings. The zero-order valence-electron chi connectivity index (χ0n) is 8.31. The predicted octanol–water partition coefficient (Wildman–Crippen LogP) is 2.08. The zero-order valence-corrected chi connectivity index (χ0v) is 9.07. The Hall–Kier alpha value is -1.55. The van der Waals surface area contributed by atoms with E-state index in [-0.39, 0.29) is 0 Å². The molecular weight excluding hydrogens is 212 g/mol. The van der Waals surface area contributed by atoms with Gasteiger partial charge in [0.05, 0.1) is 6.54 Å². The molecule has 4 nitrogen and oxygen atoms in total. The van der Waals surface area contributed by atoms with Crippen molar-refractivity contribution in [2.45, 2.75) is 6.54 Å². The van der Waals surface area contributed by atoms with Crippen molar-refractivity contribution in [2.75, 3.05) is 5.32 Å². The van der Waals surface area contributed by atoms with Gasteiger partial charge in [0.2, 0.25) is 0 Å².